The summed E-state index contributed by atoms with van der Waals surface area (Å²) in [7, 11) is -6.45. The van der Waals surface area contributed by atoms with Gasteiger partial charge in [0.1, 0.15) is 6.10 Å². The molecule has 2 atom stereocenters. The minimum Gasteiger partial charge on any atom is -0.387 e. The number of rotatable bonds is 20. The highest BCUT2D eigenvalue weighted by Crippen LogP contribution is 2.23. The van der Waals surface area contributed by atoms with E-state index < -0.39 is 34.4 Å². The average Bonchev–Trinajstić information content (AvgIpc) is 3.23. The first-order chi connectivity index (χ1) is 28.4. The largest absolute Gasteiger partial charge is 0.407 e. The van der Waals surface area contributed by atoms with Crippen molar-refractivity contribution in [2.45, 2.75) is 84.7 Å². The zero-order chi connectivity index (χ0) is 42.0. The number of ether oxygens (including phenoxy) is 1. The molecule has 5 aromatic rings. The molecule has 0 amide bonds. The van der Waals surface area contributed by atoms with Gasteiger partial charge in [0, 0.05) is 25.6 Å². The van der Waals surface area contributed by atoms with Crippen LogP contribution in [0, 0.1) is 17.8 Å². The van der Waals surface area contributed by atoms with Crippen LogP contribution < -0.4 is 20.7 Å². The highest BCUT2D eigenvalue weighted by molar-refractivity contribution is 6.93. The van der Waals surface area contributed by atoms with E-state index in [0.717, 1.165) is 32.7 Å². The number of hydrogen-bond donors (Lipinski definition) is 1. The molecule has 310 valence electrons. The van der Waals surface area contributed by atoms with Gasteiger partial charge in [-0.3, -0.25) is 0 Å². The first kappa shape index (κ1) is 45.7. The lowest BCUT2D eigenvalue weighted by atomic mass is 10.0. The van der Waals surface area contributed by atoms with Crippen LogP contribution in [0.4, 0.5) is 0 Å². The first-order valence-corrected chi connectivity index (χ1v) is 24.4. The second kappa shape index (κ2) is 22.3. The Labute approximate surface area is 355 Å². The zero-order valence-corrected chi connectivity index (χ0v) is 37.7. The van der Waals surface area contributed by atoms with Crippen molar-refractivity contribution in [1.82, 2.24) is 0 Å². The van der Waals surface area contributed by atoms with E-state index in [1.807, 2.05) is 97.1 Å². The van der Waals surface area contributed by atoms with Gasteiger partial charge in [0.05, 0.1) is 24.4 Å². The van der Waals surface area contributed by atoms with Gasteiger partial charge >= 0.3 is 17.1 Å². The van der Waals surface area contributed by atoms with Crippen molar-refractivity contribution in [2.24, 2.45) is 5.92 Å². The van der Waals surface area contributed by atoms with E-state index in [0.29, 0.717) is 39.3 Å². The normalized spacial score (nSPS) is 13.5. The maximum Gasteiger partial charge on any atom is 0.407 e. The van der Waals surface area contributed by atoms with E-state index in [-0.39, 0.29) is 5.92 Å². The van der Waals surface area contributed by atoms with E-state index in [2.05, 4.69) is 120 Å². The van der Waals surface area contributed by atoms with Gasteiger partial charge in [-0.25, -0.2) is 0 Å². The maximum atomic E-state index is 11.4. The van der Waals surface area contributed by atoms with Crippen LogP contribution in [-0.2, 0) is 29.0 Å². The molecule has 8 heteroatoms. The summed E-state index contributed by atoms with van der Waals surface area (Å²) in [6.45, 7) is 14.2. The summed E-state index contributed by atoms with van der Waals surface area (Å²) in [5.74, 6) is 6.08. The molecule has 0 saturated heterocycles. The lowest BCUT2D eigenvalue weighted by Crippen LogP contribution is -2.66. The number of benzene rings is 5. The third-order valence-corrected chi connectivity index (χ3v) is 16.6. The van der Waals surface area contributed by atoms with Crippen LogP contribution in [0.2, 0.25) is 0 Å². The molecule has 0 radical (unpaired) electrons. The Hall–Kier alpha value is -4.41. The molecule has 0 unspecified atom stereocenters. The predicted octanol–water partition coefficient (Wildman–Crippen LogP) is 8.09. The summed E-state index contributed by atoms with van der Waals surface area (Å²) in [5.41, 5.74) is 0.183. The van der Waals surface area contributed by atoms with Gasteiger partial charge in [-0.1, -0.05) is 170 Å². The second-order valence-electron chi connectivity index (χ2n) is 16.7. The van der Waals surface area contributed by atoms with Crippen LogP contribution >= 0.6 is 0 Å². The fourth-order valence-electron chi connectivity index (χ4n) is 6.86. The van der Waals surface area contributed by atoms with E-state index in [4.69, 9.17) is 22.4 Å². The molecule has 0 bridgehead atoms. The van der Waals surface area contributed by atoms with Crippen LogP contribution in [0.5, 0.6) is 0 Å². The predicted molar refractivity (Wildman–Crippen MR) is 246 cm³/mol. The number of unbranched alkanes of at least 4 members (excludes halogenated alkanes) is 1. The zero-order valence-electron chi connectivity index (χ0n) is 35.7. The molecular formula is C51H62O6Si2. The number of aliphatic hydroxyl groups excluding tert-OH is 1. The Bertz CT molecular complexity index is 1940. The highest BCUT2D eigenvalue weighted by atomic mass is 28.4. The lowest BCUT2D eigenvalue weighted by Gasteiger charge is -2.38. The van der Waals surface area contributed by atoms with Gasteiger partial charge in [0.15, 0.2) is 0 Å². The van der Waals surface area contributed by atoms with Gasteiger partial charge in [-0.05, 0) is 80.7 Å². The summed E-state index contributed by atoms with van der Waals surface area (Å²) in [6, 6.07) is 51.3. The Morgan fingerprint density at radius 3 is 1.46 bits per heavy atom. The smallest absolute Gasteiger partial charge is 0.387 e. The fraction of sp³-hybridized carbons (Fsp3) is 0.333. The summed E-state index contributed by atoms with van der Waals surface area (Å²) < 4.78 is 34.1. The molecule has 0 aliphatic heterocycles. The average molecular weight is 827 g/mol. The van der Waals surface area contributed by atoms with Crippen LogP contribution in [-0.4, -0.2) is 59.4 Å². The molecule has 1 N–H and O–H groups in total. The van der Waals surface area contributed by atoms with Gasteiger partial charge < -0.3 is 27.5 Å². The van der Waals surface area contributed by atoms with Crippen molar-refractivity contribution in [3.63, 3.8) is 0 Å². The van der Waals surface area contributed by atoms with Crippen molar-refractivity contribution < 1.29 is 27.5 Å². The minimum absolute atomic E-state index is 0.215. The second-order valence-corrected chi connectivity index (χ2v) is 22.4. The highest BCUT2D eigenvalue weighted by Gasteiger charge is 2.47. The van der Waals surface area contributed by atoms with Crippen molar-refractivity contribution in [3.8, 4) is 11.8 Å². The van der Waals surface area contributed by atoms with Crippen molar-refractivity contribution in [2.75, 3.05) is 19.8 Å². The molecular weight excluding hydrogens is 765 g/mol. The Balaban J connectivity index is 1.40. The third-order valence-electron chi connectivity index (χ3n) is 9.30. The standard InChI is InChI=1S/C51H62O6Si2/c1-50(2,3)56-58(46-30-16-8-17-31-46,47-32-18-9-19-33-47)54-39-25-28-44(40-45(52)29-15-12-24-38-53-41-43-26-13-7-14-27-43)42-55-59(57-51(4,5)6,48-34-20-10-21-35-48)49-36-22-11-23-37-49/h7-11,13-14,16-23,25-28,30-37,44-45,52H,12,24,38-42H2,1-6H3/b28-25+/t44-,45+/m1/s1. The molecule has 5 aromatic carbocycles. The van der Waals surface area contributed by atoms with Crippen LogP contribution in [0.15, 0.2) is 164 Å². The molecule has 0 fully saturated rings. The molecule has 6 nitrogen and oxygen atoms in total. The van der Waals surface area contributed by atoms with Gasteiger partial charge in [0.25, 0.3) is 0 Å². The van der Waals surface area contributed by atoms with E-state index in [1.165, 1.54) is 0 Å². The maximum absolute atomic E-state index is 11.4. The van der Waals surface area contributed by atoms with Crippen LogP contribution in [0.3, 0.4) is 0 Å². The van der Waals surface area contributed by atoms with Crippen molar-refractivity contribution in [1.29, 1.82) is 0 Å². The van der Waals surface area contributed by atoms with Crippen molar-refractivity contribution >= 4 is 37.9 Å². The Morgan fingerprint density at radius 2 is 1.02 bits per heavy atom. The van der Waals surface area contributed by atoms with E-state index in [1.54, 1.807) is 0 Å². The van der Waals surface area contributed by atoms with Crippen LogP contribution in [0.1, 0.15) is 66.4 Å². The quantitative estimate of drug-likeness (QED) is 0.0371. The molecule has 59 heavy (non-hydrogen) atoms. The summed E-state index contributed by atoms with van der Waals surface area (Å²) in [5, 5.41) is 15.5. The molecule has 0 heterocycles. The monoisotopic (exact) mass is 826 g/mol. The first-order valence-electron chi connectivity index (χ1n) is 20.7. The minimum atomic E-state index is -3.27. The summed E-state index contributed by atoms with van der Waals surface area (Å²) >= 11 is 0. The van der Waals surface area contributed by atoms with Gasteiger partial charge in [0.2, 0.25) is 0 Å². The molecule has 0 saturated carbocycles. The number of aliphatic hydroxyl groups is 1. The third kappa shape index (κ3) is 14.4. The molecule has 0 aliphatic rings. The SMILES string of the molecule is CC(C)(C)O[Si](OC/C=C/[C@@H](CO[Si](OC(C)(C)C)(c1ccccc1)c1ccccc1)C[C@@H](O)C#CCCCOCc1ccccc1)(c1ccccc1)c1ccccc1. The Morgan fingerprint density at radius 1 is 0.593 bits per heavy atom. The van der Waals surface area contributed by atoms with Gasteiger partial charge in [-0.15, -0.1) is 5.92 Å². The van der Waals surface area contributed by atoms with Crippen molar-refractivity contribution in [3.05, 3.63) is 169 Å². The summed E-state index contributed by atoms with van der Waals surface area (Å²) in [6.07, 6.45) is 5.06. The number of hydrogen-bond acceptors (Lipinski definition) is 6. The summed E-state index contributed by atoms with van der Waals surface area (Å²) in [4.78, 5) is 0. The molecule has 0 aromatic heterocycles. The van der Waals surface area contributed by atoms with Crippen LogP contribution in [0.25, 0.3) is 0 Å². The topological polar surface area (TPSA) is 66.4 Å². The van der Waals surface area contributed by atoms with Gasteiger partial charge in [-0.2, -0.15) is 0 Å². The molecule has 0 spiro atoms. The molecule has 0 aliphatic carbocycles. The lowest BCUT2D eigenvalue weighted by molar-refractivity contribution is 0.0698. The molecule has 5 rings (SSSR count). The fourth-order valence-corrected chi connectivity index (χ4v) is 13.8. The van der Waals surface area contributed by atoms with E-state index >= 15 is 0 Å². The Kier molecular flexibility index (Phi) is 17.2. The van der Waals surface area contributed by atoms with E-state index in [9.17, 15) is 5.11 Å².